The zero-order valence-electron chi connectivity index (χ0n) is 18.0. The lowest BCUT2D eigenvalue weighted by molar-refractivity contribution is 0.0706. The van der Waals surface area contributed by atoms with Crippen molar-refractivity contribution in [2.45, 2.75) is 97.6 Å². The van der Waals surface area contributed by atoms with Crippen molar-refractivity contribution in [1.29, 1.82) is 0 Å². The molecule has 0 unspecified atom stereocenters. The Morgan fingerprint density at radius 3 is 1.44 bits per heavy atom. The summed E-state index contributed by atoms with van der Waals surface area (Å²) in [6.07, 6.45) is 7.69. The van der Waals surface area contributed by atoms with Gasteiger partial charge in [0.05, 0.1) is 0 Å². The smallest absolute Gasteiger partial charge is 0.458 e. The first-order chi connectivity index (χ1) is 11.8. The molecule has 0 aromatic rings. The van der Waals surface area contributed by atoms with Crippen LogP contribution in [0, 0.1) is 0 Å². The van der Waals surface area contributed by atoms with Crippen LogP contribution >= 0.6 is 0 Å². The van der Waals surface area contributed by atoms with Crippen molar-refractivity contribution in [2.24, 2.45) is 0 Å². The maximum atomic E-state index is 6.23. The summed E-state index contributed by atoms with van der Waals surface area (Å²) in [5.41, 5.74) is 0. The largest absolute Gasteiger partial charge is 0.500 e. The molecule has 0 rings (SSSR count). The van der Waals surface area contributed by atoms with Crippen LogP contribution in [-0.2, 0) is 17.4 Å². The number of hydrogen-bond donors (Lipinski definition) is 0. The van der Waals surface area contributed by atoms with Crippen molar-refractivity contribution in [3.8, 4) is 0 Å². The SMILES string of the molecule is CCO[Si](CCCCCCCC[Si](C)(C)O[SiH](C)C)(OCC)OCC. The van der Waals surface area contributed by atoms with Crippen LogP contribution in [-0.4, -0.2) is 46.0 Å². The molecule has 0 spiro atoms. The highest BCUT2D eigenvalue weighted by Gasteiger charge is 2.39. The minimum absolute atomic E-state index is 0.674. The van der Waals surface area contributed by atoms with Gasteiger partial charge >= 0.3 is 8.80 Å². The molecule has 0 aliphatic carbocycles. The van der Waals surface area contributed by atoms with E-state index in [0.717, 1.165) is 12.5 Å². The summed E-state index contributed by atoms with van der Waals surface area (Å²) in [5, 5.41) is 0. The minimum atomic E-state index is -2.42. The van der Waals surface area contributed by atoms with E-state index in [-0.39, 0.29) is 0 Å². The molecule has 0 amide bonds. The average molecular weight is 409 g/mol. The van der Waals surface area contributed by atoms with E-state index in [1.165, 1.54) is 38.1 Å². The average Bonchev–Trinajstić information content (AvgIpc) is 2.49. The second-order valence-electron chi connectivity index (χ2n) is 7.53. The Labute approximate surface area is 161 Å². The van der Waals surface area contributed by atoms with Gasteiger partial charge in [0.1, 0.15) is 0 Å². The second-order valence-corrected chi connectivity index (χ2v) is 17.3. The van der Waals surface area contributed by atoms with E-state index in [1.807, 2.05) is 20.8 Å². The second kappa shape index (κ2) is 14.5. The van der Waals surface area contributed by atoms with Crippen LogP contribution in [0.4, 0.5) is 0 Å². The third-order valence-electron chi connectivity index (χ3n) is 4.16. The standard InChI is InChI=1S/C18H44O4Si3/c1-8-19-25(20-9-2,21-10-3)18-16-14-12-11-13-15-17-24(6,7)22-23(4)5/h23H,8-18H2,1-7H3. The molecule has 0 heterocycles. The van der Waals surface area contributed by atoms with Gasteiger partial charge in [0.25, 0.3) is 0 Å². The van der Waals surface area contributed by atoms with Gasteiger partial charge in [0.15, 0.2) is 17.4 Å². The Hall–Kier alpha value is 0.491. The van der Waals surface area contributed by atoms with Crippen molar-refractivity contribution in [3.63, 3.8) is 0 Å². The maximum Gasteiger partial charge on any atom is 0.500 e. The Balaban J connectivity index is 3.89. The quantitative estimate of drug-likeness (QED) is 0.232. The van der Waals surface area contributed by atoms with Crippen LogP contribution in [0.5, 0.6) is 0 Å². The first-order valence-electron chi connectivity index (χ1n) is 10.4. The molecule has 0 aromatic carbocycles. The van der Waals surface area contributed by atoms with Crippen LogP contribution in [0.2, 0.25) is 38.3 Å². The molecule has 0 aliphatic rings. The van der Waals surface area contributed by atoms with Gasteiger partial charge in [-0.15, -0.1) is 0 Å². The number of hydrogen-bond acceptors (Lipinski definition) is 4. The van der Waals surface area contributed by atoms with Gasteiger partial charge in [0, 0.05) is 25.9 Å². The lowest BCUT2D eigenvalue weighted by Crippen LogP contribution is -2.45. The van der Waals surface area contributed by atoms with E-state index >= 15 is 0 Å². The third kappa shape index (κ3) is 13.3. The van der Waals surface area contributed by atoms with Crippen LogP contribution < -0.4 is 0 Å². The van der Waals surface area contributed by atoms with E-state index in [1.54, 1.807) is 0 Å². The van der Waals surface area contributed by atoms with E-state index in [2.05, 4.69) is 26.2 Å². The molecule has 0 aromatic heterocycles. The summed E-state index contributed by atoms with van der Waals surface area (Å²) < 4.78 is 24.0. The topological polar surface area (TPSA) is 36.9 Å². The van der Waals surface area contributed by atoms with E-state index in [9.17, 15) is 0 Å². The van der Waals surface area contributed by atoms with E-state index in [0.29, 0.717) is 19.8 Å². The molecular weight excluding hydrogens is 364 g/mol. The summed E-state index contributed by atoms with van der Waals surface area (Å²) in [6.45, 7) is 17.4. The highest BCUT2D eigenvalue weighted by molar-refractivity contribution is 6.77. The van der Waals surface area contributed by atoms with Crippen molar-refractivity contribution in [1.82, 2.24) is 0 Å². The Morgan fingerprint density at radius 2 is 1.04 bits per heavy atom. The van der Waals surface area contributed by atoms with Gasteiger partial charge in [-0.25, -0.2) is 0 Å². The molecule has 0 aliphatic heterocycles. The molecule has 0 fully saturated rings. The van der Waals surface area contributed by atoms with E-state index < -0.39 is 26.2 Å². The fourth-order valence-electron chi connectivity index (χ4n) is 3.30. The predicted octanol–water partition coefficient (Wildman–Crippen LogP) is 5.58. The van der Waals surface area contributed by atoms with E-state index in [4.69, 9.17) is 17.4 Å². The molecule has 7 heteroatoms. The lowest BCUT2D eigenvalue weighted by Gasteiger charge is -2.28. The fraction of sp³-hybridized carbons (Fsp3) is 1.00. The van der Waals surface area contributed by atoms with Gasteiger partial charge in [-0.3, -0.25) is 0 Å². The highest BCUT2D eigenvalue weighted by atomic mass is 28.4. The Kier molecular flexibility index (Phi) is 14.8. The molecule has 0 saturated carbocycles. The first kappa shape index (κ1) is 25.5. The molecule has 4 nitrogen and oxygen atoms in total. The van der Waals surface area contributed by atoms with Crippen molar-refractivity contribution in [2.75, 3.05) is 19.8 Å². The zero-order chi connectivity index (χ0) is 19.2. The molecular formula is C18H44O4Si3. The molecule has 0 saturated heterocycles. The van der Waals surface area contributed by atoms with Gasteiger partial charge in [0.2, 0.25) is 0 Å². The van der Waals surface area contributed by atoms with Crippen LogP contribution in [0.1, 0.15) is 59.3 Å². The van der Waals surface area contributed by atoms with Gasteiger partial charge in [-0.05, 0) is 59.4 Å². The van der Waals surface area contributed by atoms with Gasteiger partial charge in [-0.1, -0.05) is 32.1 Å². The fourth-order valence-corrected chi connectivity index (χ4v) is 12.7. The summed E-state index contributed by atoms with van der Waals surface area (Å²) >= 11 is 0. The molecule has 0 atom stereocenters. The van der Waals surface area contributed by atoms with Crippen LogP contribution in [0.25, 0.3) is 0 Å². The monoisotopic (exact) mass is 408 g/mol. The maximum absolute atomic E-state index is 6.23. The van der Waals surface area contributed by atoms with Crippen molar-refractivity contribution in [3.05, 3.63) is 0 Å². The lowest BCUT2D eigenvalue weighted by atomic mass is 10.1. The minimum Gasteiger partial charge on any atom is -0.458 e. The predicted molar refractivity (Wildman–Crippen MR) is 115 cm³/mol. The number of rotatable bonds is 17. The van der Waals surface area contributed by atoms with Gasteiger partial charge < -0.3 is 17.4 Å². The normalized spacial score (nSPS) is 13.0. The molecule has 0 N–H and O–H groups in total. The third-order valence-corrected chi connectivity index (χ3v) is 13.3. The van der Waals surface area contributed by atoms with Gasteiger partial charge in [-0.2, -0.15) is 0 Å². The Morgan fingerprint density at radius 1 is 0.640 bits per heavy atom. The Bertz CT molecular complexity index is 298. The van der Waals surface area contributed by atoms with Crippen molar-refractivity contribution < 1.29 is 17.4 Å². The van der Waals surface area contributed by atoms with Crippen LogP contribution in [0.3, 0.4) is 0 Å². The summed E-state index contributed by atoms with van der Waals surface area (Å²) in [4.78, 5) is 0. The zero-order valence-corrected chi connectivity index (χ0v) is 21.1. The van der Waals surface area contributed by atoms with Crippen LogP contribution in [0.15, 0.2) is 0 Å². The molecule has 25 heavy (non-hydrogen) atoms. The summed E-state index contributed by atoms with van der Waals surface area (Å²) in [5.74, 6) is 0. The van der Waals surface area contributed by atoms with Crippen molar-refractivity contribution >= 4 is 26.2 Å². The number of unbranched alkanes of at least 4 members (excludes halogenated alkanes) is 5. The molecule has 152 valence electrons. The molecule has 0 bridgehead atoms. The highest BCUT2D eigenvalue weighted by Crippen LogP contribution is 2.22. The molecule has 0 radical (unpaired) electrons. The summed E-state index contributed by atoms with van der Waals surface area (Å²) in [7, 11) is -4.67. The first-order valence-corrected chi connectivity index (χ1v) is 18.2. The summed E-state index contributed by atoms with van der Waals surface area (Å²) in [6, 6.07) is 2.27.